The van der Waals surface area contributed by atoms with Gasteiger partial charge in [-0.05, 0) is 30.5 Å². The summed E-state index contributed by atoms with van der Waals surface area (Å²) in [5.41, 5.74) is 4.07. The van der Waals surface area contributed by atoms with Crippen molar-refractivity contribution in [3.05, 3.63) is 71.4 Å². The number of para-hydroxylation sites is 1. The van der Waals surface area contributed by atoms with E-state index in [2.05, 4.69) is 6.07 Å². The van der Waals surface area contributed by atoms with E-state index in [0.29, 0.717) is 17.8 Å². The van der Waals surface area contributed by atoms with Crippen molar-refractivity contribution in [1.29, 1.82) is 0 Å². The van der Waals surface area contributed by atoms with Gasteiger partial charge in [0.2, 0.25) is 0 Å². The van der Waals surface area contributed by atoms with Gasteiger partial charge in [-0.25, -0.2) is 0 Å². The average Bonchev–Trinajstić information content (AvgIpc) is 3.14. The van der Waals surface area contributed by atoms with Gasteiger partial charge in [0.05, 0.1) is 5.57 Å². The van der Waals surface area contributed by atoms with Crippen LogP contribution in [0.2, 0.25) is 0 Å². The molecule has 24 heavy (non-hydrogen) atoms. The Bertz CT molecular complexity index is 855. The Morgan fingerprint density at radius 1 is 0.917 bits per heavy atom. The van der Waals surface area contributed by atoms with Gasteiger partial charge in [0.15, 0.2) is 0 Å². The van der Waals surface area contributed by atoms with Gasteiger partial charge in [0, 0.05) is 18.8 Å². The molecule has 4 nitrogen and oxygen atoms in total. The highest BCUT2D eigenvalue weighted by Gasteiger charge is 2.42. The lowest BCUT2D eigenvalue weighted by Gasteiger charge is -2.21. The molecule has 2 aliphatic rings. The largest absolute Gasteiger partial charge is 0.336 e. The van der Waals surface area contributed by atoms with Crippen molar-refractivity contribution in [3.63, 3.8) is 0 Å². The normalized spacial score (nSPS) is 17.0. The predicted octanol–water partition coefficient (Wildman–Crippen LogP) is 2.85. The summed E-state index contributed by atoms with van der Waals surface area (Å²) in [7, 11) is 0. The van der Waals surface area contributed by atoms with E-state index in [9.17, 15) is 9.59 Å². The zero-order chi connectivity index (χ0) is 16.7. The lowest BCUT2D eigenvalue weighted by molar-refractivity contribution is -0.136. The average molecular weight is 318 g/mol. The Morgan fingerprint density at radius 3 is 2.38 bits per heavy atom. The fourth-order valence-electron chi connectivity index (χ4n) is 3.54. The number of amides is 2. The Kier molecular flexibility index (Phi) is 3.45. The van der Waals surface area contributed by atoms with Crippen LogP contribution in [0.25, 0.3) is 5.57 Å². The highest BCUT2D eigenvalue weighted by atomic mass is 16.2. The van der Waals surface area contributed by atoms with E-state index in [1.54, 1.807) is 0 Å². The summed E-state index contributed by atoms with van der Waals surface area (Å²) in [5.74, 6) is -0.397. The molecule has 0 saturated carbocycles. The van der Waals surface area contributed by atoms with Gasteiger partial charge in [-0.3, -0.25) is 14.5 Å². The zero-order valence-corrected chi connectivity index (χ0v) is 13.5. The molecule has 0 saturated heterocycles. The molecule has 4 rings (SSSR count). The zero-order valence-electron chi connectivity index (χ0n) is 13.5. The van der Waals surface area contributed by atoms with Gasteiger partial charge in [-0.2, -0.15) is 0 Å². The van der Waals surface area contributed by atoms with Crippen molar-refractivity contribution in [2.75, 3.05) is 18.0 Å². The van der Waals surface area contributed by atoms with Crippen LogP contribution in [-0.2, 0) is 16.0 Å². The number of carbonyl (C=O) groups excluding carboxylic acids is 2. The van der Waals surface area contributed by atoms with Gasteiger partial charge in [0.1, 0.15) is 5.70 Å². The van der Waals surface area contributed by atoms with E-state index < -0.39 is 0 Å². The summed E-state index contributed by atoms with van der Waals surface area (Å²) in [6.07, 6.45) is 0.884. The molecule has 2 heterocycles. The van der Waals surface area contributed by atoms with E-state index in [1.165, 1.54) is 10.5 Å². The number of anilines is 1. The molecular weight excluding hydrogens is 300 g/mol. The van der Waals surface area contributed by atoms with E-state index in [1.807, 2.05) is 60.4 Å². The third-order valence-corrected chi connectivity index (χ3v) is 4.68. The second kappa shape index (κ2) is 5.64. The van der Waals surface area contributed by atoms with Crippen LogP contribution in [0.15, 0.2) is 60.3 Å². The molecule has 2 aliphatic heterocycles. The minimum Gasteiger partial charge on any atom is -0.336 e. The summed E-state index contributed by atoms with van der Waals surface area (Å²) in [6.45, 7) is 2.94. The second-order valence-electron chi connectivity index (χ2n) is 5.97. The van der Waals surface area contributed by atoms with Crippen LogP contribution in [0.4, 0.5) is 5.69 Å². The molecular formula is C20H18N2O2. The van der Waals surface area contributed by atoms with Gasteiger partial charge in [-0.15, -0.1) is 0 Å². The van der Waals surface area contributed by atoms with Crippen LogP contribution in [-0.4, -0.2) is 29.8 Å². The van der Waals surface area contributed by atoms with Crippen molar-refractivity contribution in [3.8, 4) is 0 Å². The van der Waals surface area contributed by atoms with Crippen LogP contribution in [0, 0.1) is 0 Å². The first kappa shape index (κ1) is 14.7. The van der Waals surface area contributed by atoms with Crippen molar-refractivity contribution >= 4 is 23.1 Å². The first-order valence-electron chi connectivity index (χ1n) is 8.23. The van der Waals surface area contributed by atoms with Crippen molar-refractivity contribution in [2.45, 2.75) is 13.3 Å². The van der Waals surface area contributed by atoms with E-state index in [4.69, 9.17) is 0 Å². The molecule has 0 unspecified atom stereocenters. The maximum absolute atomic E-state index is 12.9. The summed E-state index contributed by atoms with van der Waals surface area (Å²) in [6, 6.07) is 17.6. The maximum Gasteiger partial charge on any atom is 0.278 e. The van der Waals surface area contributed by atoms with Crippen molar-refractivity contribution in [2.24, 2.45) is 0 Å². The second-order valence-corrected chi connectivity index (χ2v) is 5.97. The maximum atomic E-state index is 12.9. The standard InChI is InChI=1S/C20H18N2O2/c1-2-21-19(23)17(15-9-4-3-5-10-15)18(20(21)24)22-13-12-14-8-6-7-11-16(14)22/h3-11H,2,12-13H2,1H3. The Morgan fingerprint density at radius 2 is 1.62 bits per heavy atom. The molecule has 120 valence electrons. The van der Waals surface area contributed by atoms with Crippen molar-refractivity contribution < 1.29 is 9.59 Å². The molecule has 0 aliphatic carbocycles. The highest BCUT2D eigenvalue weighted by molar-refractivity contribution is 6.36. The molecule has 0 N–H and O–H groups in total. The third kappa shape index (κ3) is 2.07. The fourth-order valence-corrected chi connectivity index (χ4v) is 3.54. The first-order chi connectivity index (χ1) is 11.7. The number of hydrogen-bond donors (Lipinski definition) is 0. The summed E-state index contributed by atoms with van der Waals surface area (Å²) in [4.78, 5) is 29.1. The van der Waals surface area contributed by atoms with Crippen LogP contribution in [0.1, 0.15) is 18.1 Å². The van der Waals surface area contributed by atoms with Crippen LogP contribution in [0.3, 0.4) is 0 Å². The molecule has 0 fully saturated rings. The molecule has 2 aromatic rings. The van der Waals surface area contributed by atoms with E-state index in [0.717, 1.165) is 24.2 Å². The van der Waals surface area contributed by atoms with Crippen molar-refractivity contribution in [1.82, 2.24) is 4.90 Å². The fraction of sp³-hybridized carbons (Fsp3) is 0.200. The number of imide groups is 1. The third-order valence-electron chi connectivity index (χ3n) is 4.68. The molecule has 2 aromatic carbocycles. The molecule has 0 atom stereocenters. The number of benzene rings is 2. The van der Waals surface area contributed by atoms with E-state index in [-0.39, 0.29) is 11.8 Å². The Labute approximate surface area is 141 Å². The van der Waals surface area contributed by atoms with Gasteiger partial charge >= 0.3 is 0 Å². The number of fused-ring (bicyclic) bond motifs is 1. The molecule has 0 radical (unpaired) electrons. The first-order valence-corrected chi connectivity index (χ1v) is 8.23. The number of likely N-dealkylation sites (N-methyl/N-ethyl adjacent to an activating group) is 1. The topological polar surface area (TPSA) is 40.6 Å². The molecule has 0 spiro atoms. The summed E-state index contributed by atoms with van der Waals surface area (Å²) in [5, 5.41) is 0. The number of hydrogen-bond acceptors (Lipinski definition) is 3. The van der Waals surface area contributed by atoms with Crippen LogP contribution >= 0.6 is 0 Å². The Hall–Kier alpha value is -2.88. The molecule has 0 aromatic heterocycles. The number of rotatable bonds is 3. The Balaban J connectivity index is 1.90. The molecule has 0 bridgehead atoms. The van der Waals surface area contributed by atoms with Gasteiger partial charge < -0.3 is 4.90 Å². The van der Waals surface area contributed by atoms with Crippen LogP contribution in [0.5, 0.6) is 0 Å². The van der Waals surface area contributed by atoms with E-state index >= 15 is 0 Å². The minimum atomic E-state index is -0.201. The minimum absolute atomic E-state index is 0.196. The predicted molar refractivity (Wildman–Crippen MR) is 93.2 cm³/mol. The van der Waals surface area contributed by atoms with Gasteiger partial charge in [0.25, 0.3) is 11.8 Å². The molecule has 4 heteroatoms. The number of carbonyl (C=O) groups is 2. The highest BCUT2D eigenvalue weighted by Crippen LogP contribution is 2.38. The van der Waals surface area contributed by atoms with Crippen LogP contribution < -0.4 is 4.90 Å². The summed E-state index contributed by atoms with van der Waals surface area (Å²) >= 11 is 0. The monoisotopic (exact) mass is 318 g/mol. The quantitative estimate of drug-likeness (QED) is 0.817. The smallest absolute Gasteiger partial charge is 0.278 e. The summed E-state index contributed by atoms with van der Waals surface area (Å²) < 4.78 is 0. The van der Waals surface area contributed by atoms with Gasteiger partial charge in [-0.1, -0.05) is 48.5 Å². The lowest BCUT2D eigenvalue weighted by Crippen LogP contribution is -2.34. The number of nitrogens with zero attached hydrogens (tertiary/aromatic N) is 2. The SMILES string of the molecule is CCN1C(=O)C(c2ccccc2)=C(N2CCc3ccccc32)C1=O. The lowest BCUT2D eigenvalue weighted by atomic mass is 10.0. The molecule has 2 amide bonds.